The maximum atomic E-state index is 10.9. The van der Waals surface area contributed by atoms with Gasteiger partial charge in [0.1, 0.15) is 0 Å². The molecule has 0 unspecified atom stereocenters. The van der Waals surface area contributed by atoms with Gasteiger partial charge in [0.2, 0.25) is 0 Å². The number of nitro groups is 1. The molecule has 1 aliphatic heterocycles. The van der Waals surface area contributed by atoms with Crippen LogP contribution in [0.1, 0.15) is 47.1 Å². The van der Waals surface area contributed by atoms with Crippen molar-refractivity contribution in [3.63, 3.8) is 0 Å². The summed E-state index contributed by atoms with van der Waals surface area (Å²) >= 11 is 0. The van der Waals surface area contributed by atoms with E-state index in [2.05, 4.69) is 77.7 Å². The molecule has 0 bridgehead atoms. The van der Waals surface area contributed by atoms with Crippen molar-refractivity contribution in [1.29, 1.82) is 0 Å². The highest BCUT2D eigenvalue weighted by atomic mass is 16.6. The van der Waals surface area contributed by atoms with Gasteiger partial charge in [-0.15, -0.1) is 0 Å². The number of non-ortho nitro benzene ring substituents is 1. The average molecular weight is 435 g/mol. The van der Waals surface area contributed by atoms with Crippen molar-refractivity contribution >= 4 is 29.5 Å². The van der Waals surface area contributed by atoms with Crippen LogP contribution in [0.2, 0.25) is 0 Å². The number of nitro benzene ring substituents is 1. The molecule has 0 atom stereocenters. The summed E-state index contributed by atoms with van der Waals surface area (Å²) in [6, 6.07) is 24.0. The Morgan fingerprint density at radius 3 is 2.12 bits per heavy atom. The summed E-state index contributed by atoms with van der Waals surface area (Å²) in [6.07, 6.45) is 12.1. The lowest BCUT2D eigenvalue weighted by Gasteiger charge is -2.34. The fourth-order valence-electron chi connectivity index (χ4n) is 4.77. The van der Waals surface area contributed by atoms with E-state index in [1.165, 1.54) is 46.4 Å². The summed E-state index contributed by atoms with van der Waals surface area (Å²) in [6.45, 7) is 1.84. The van der Waals surface area contributed by atoms with E-state index in [9.17, 15) is 10.1 Å². The number of likely N-dealkylation sites (tertiary alicyclic amines) is 1. The third-order valence-electron chi connectivity index (χ3n) is 6.40. The highest BCUT2D eigenvalue weighted by molar-refractivity contribution is 5.94. The Morgan fingerprint density at radius 1 is 0.848 bits per heavy atom. The summed E-state index contributed by atoms with van der Waals surface area (Å²) in [5.41, 5.74) is 8.93. The van der Waals surface area contributed by atoms with Crippen LogP contribution in [0.3, 0.4) is 0 Å². The molecule has 1 heterocycles. The number of hydrogen-bond acceptors (Lipinski definition) is 3. The summed E-state index contributed by atoms with van der Waals surface area (Å²) in [4.78, 5) is 13.0. The first-order valence-electron chi connectivity index (χ1n) is 11.5. The van der Waals surface area contributed by atoms with Crippen LogP contribution in [0.5, 0.6) is 0 Å². The van der Waals surface area contributed by atoms with Gasteiger partial charge in [-0.2, -0.15) is 0 Å². The van der Waals surface area contributed by atoms with Crippen molar-refractivity contribution in [2.75, 3.05) is 13.1 Å². The van der Waals surface area contributed by atoms with Crippen LogP contribution in [-0.4, -0.2) is 22.9 Å². The van der Waals surface area contributed by atoms with Crippen LogP contribution < -0.4 is 0 Å². The molecule has 0 aromatic heterocycles. The molecule has 4 nitrogen and oxygen atoms in total. The molecule has 3 aromatic carbocycles. The third kappa shape index (κ3) is 4.37. The molecule has 0 N–H and O–H groups in total. The molecule has 1 fully saturated rings. The van der Waals surface area contributed by atoms with Crippen LogP contribution in [0, 0.1) is 10.1 Å². The number of hydrogen-bond donors (Lipinski definition) is 0. The van der Waals surface area contributed by atoms with E-state index in [1.807, 2.05) is 0 Å². The van der Waals surface area contributed by atoms with E-state index in [1.54, 1.807) is 24.3 Å². The van der Waals surface area contributed by atoms with Gasteiger partial charge in [0, 0.05) is 36.5 Å². The highest BCUT2D eigenvalue weighted by Crippen LogP contribution is 2.39. The minimum atomic E-state index is -0.364. The molecule has 4 heteroatoms. The number of benzene rings is 3. The quantitative estimate of drug-likeness (QED) is 0.256. The van der Waals surface area contributed by atoms with Crippen molar-refractivity contribution in [2.45, 2.75) is 19.3 Å². The second kappa shape index (κ2) is 9.29. The fourth-order valence-corrected chi connectivity index (χ4v) is 4.77. The number of nitrogens with zero attached hydrogens (tertiary/aromatic N) is 2. The van der Waals surface area contributed by atoms with Crippen LogP contribution in [0.25, 0.3) is 23.8 Å². The smallest absolute Gasteiger partial charge is 0.269 e. The summed E-state index contributed by atoms with van der Waals surface area (Å²) < 4.78 is 0. The molecule has 3 aromatic rings. The van der Waals surface area contributed by atoms with Gasteiger partial charge in [-0.3, -0.25) is 10.1 Å². The standard InChI is InChI=1S/C29H26N2O2/c32-31(33)25-18-14-22(15-19-25)8-7-21-30-20-6-5-13-28(30)29-26-11-3-1-9-23(26)16-17-24-10-2-4-12-27(24)29/h1-4,7-12,14-19H,5-6,13,20-21H2. The second-order valence-electron chi connectivity index (χ2n) is 8.48. The molecule has 1 saturated heterocycles. The van der Waals surface area contributed by atoms with Crippen LogP contribution in [-0.2, 0) is 0 Å². The zero-order chi connectivity index (χ0) is 22.6. The van der Waals surface area contributed by atoms with Gasteiger partial charge >= 0.3 is 0 Å². The van der Waals surface area contributed by atoms with Crippen LogP contribution in [0.4, 0.5) is 5.69 Å². The van der Waals surface area contributed by atoms with E-state index in [4.69, 9.17) is 0 Å². The number of piperidine rings is 1. The van der Waals surface area contributed by atoms with E-state index in [0.29, 0.717) is 0 Å². The average Bonchev–Trinajstić information content (AvgIpc) is 3.02. The SMILES string of the molecule is O=[N+]([O-])c1ccc(C=CCN2CCCCC2=C2c3ccccc3C=Cc3ccccc32)cc1. The van der Waals surface area contributed by atoms with E-state index < -0.39 is 0 Å². The summed E-state index contributed by atoms with van der Waals surface area (Å²) in [5, 5.41) is 10.9. The number of allylic oxidation sites excluding steroid dienone is 1. The van der Waals surface area contributed by atoms with Gasteiger partial charge in [0.05, 0.1) is 4.92 Å². The Bertz CT molecular complexity index is 1220. The van der Waals surface area contributed by atoms with Crippen molar-refractivity contribution in [2.24, 2.45) is 0 Å². The molecule has 2 aliphatic rings. The second-order valence-corrected chi connectivity index (χ2v) is 8.48. The Labute approximate surface area is 194 Å². The maximum absolute atomic E-state index is 10.9. The number of rotatable bonds is 4. The predicted octanol–water partition coefficient (Wildman–Crippen LogP) is 7.04. The predicted molar refractivity (Wildman–Crippen MR) is 135 cm³/mol. The van der Waals surface area contributed by atoms with Crippen molar-refractivity contribution in [3.8, 4) is 0 Å². The molecule has 0 saturated carbocycles. The highest BCUT2D eigenvalue weighted by Gasteiger charge is 2.23. The fraction of sp³-hybridized carbons (Fsp3) is 0.172. The van der Waals surface area contributed by atoms with Crippen molar-refractivity contribution < 1.29 is 4.92 Å². The Kier molecular flexibility index (Phi) is 5.90. The molecule has 5 rings (SSSR count). The normalized spacial score (nSPS) is 15.3. The van der Waals surface area contributed by atoms with E-state index in [0.717, 1.165) is 25.1 Å². The van der Waals surface area contributed by atoms with Gasteiger partial charge < -0.3 is 4.90 Å². The summed E-state index contributed by atoms with van der Waals surface area (Å²) in [7, 11) is 0. The van der Waals surface area contributed by atoms with Crippen molar-refractivity contribution in [1.82, 2.24) is 4.90 Å². The molecule has 33 heavy (non-hydrogen) atoms. The van der Waals surface area contributed by atoms with Gasteiger partial charge in [-0.05, 0) is 59.2 Å². The Morgan fingerprint density at radius 2 is 1.48 bits per heavy atom. The minimum Gasteiger partial charge on any atom is -0.371 e. The largest absolute Gasteiger partial charge is 0.371 e. The van der Waals surface area contributed by atoms with Gasteiger partial charge in [-0.25, -0.2) is 0 Å². The minimum absolute atomic E-state index is 0.120. The lowest BCUT2D eigenvalue weighted by Crippen LogP contribution is -2.29. The molecule has 0 amide bonds. The molecule has 164 valence electrons. The zero-order valence-electron chi connectivity index (χ0n) is 18.5. The Balaban J connectivity index is 1.51. The first-order valence-corrected chi connectivity index (χ1v) is 11.5. The number of fused-ring (bicyclic) bond motifs is 2. The lowest BCUT2D eigenvalue weighted by molar-refractivity contribution is -0.384. The first-order chi connectivity index (χ1) is 16.2. The molecular weight excluding hydrogens is 408 g/mol. The van der Waals surface area contributed by atoms with E-state index >= 15 is 0 Å². The molecule has 0 radical (unpaired) electrons. The summed E-state index contributed by atoms with van der Waals surface area (Å²) in [5.74, 6) is 0. The van der Waals surface area contributed by atoms with E-state index in [-0.39, 0.29) is 10.6 Å². The third-order valence-corrected chi connectivity index (χ3v) is 6.40. The molecular formula is C29H26N2O2. The van der Waals surface area contributed by atoms with Crippen LogP contribution >= 0.6 is 0 Å². The van der Waals surface area contributed by atoms with Gasteiger partial charge in [0.15, 0.2) is 0 Å². The first kappa shape index (κ1) is 21.0. The van der Waals surface area contributed by atoms with Crippen LogP contribution in [0.15, 0.2) is 84.6 Å². The maximum Gasteiger partial charge on any atom is 0.269 e. The lowest BCUT2D eigenvalue weighted by atomic mass is 9.89. The molecule has 1 aliphatic carbocycles. The zero-order valence-corrected chi connectivity index (χ0v) is 18.5. The Hall–Kier alpha value is -3.92. The molecule has 0 spiro atoms. The monoisotopic (exact) mass is 434 g/mol. The van der Waals surface area contributed by atoms with Gasteiger partial charge in [0.25, 0.3) is 5.69 Å². The topological polar surface area (TPSA) is 46.4 Å². The van der Waals surface area contributed by atoms with Gasteiger partial charge in [-0.1, -0.05) is 72.8 Å². The van der Waals surface area contributed by atoms with Crippen molar-refractivity contribution in [3.05, 3.63) is 123 Å².